The molecular formula is C23H22FN5O2. The van der Waals surface area contributed by atoms with E-state index >= 15 is 0 Å². The number of carbonyl (C=O) groups is 2. The Morgan fingerprint density at radius 3 is 2.32 bits per heavy atom. The van der Waals surface area contributed by atoms with E-state index < -0.39 is 5.91 Å². The molecule has 1 aliphatic heterocycles. The van der Waals surface area contributed by atoms with E-state index in [0.717, 1.165) is 11.4 Å². The van der Waals surface area contributed by atoms with Crippen molar-refractivity contribution >= 4 is 23.3 Å². The van der Waals surface area contributed by atoms with E-state index in [-0.39, 0.29) is 17.6 Å². The summed E-state index contributed by atoms with van der Waals surface area (Å²) in [6.07, 6.45) is 1.32. The summed E-state index contributed by atoms with van der Waals surface area (Å²) in [6.45, 7) is 1.33. The number of nitrogens with zero attached hydrogens (tertiary/aromatic N) is 3. The molecule has 7 nitrogen and oxygen atoms in total. The second-order valence-corrected chi connectivity index (χ2v) is 7.44. The van der Waals surface area contributed by atoms with Gasteiger partial charge in [0.15, 0.2) is 5.82 Å². The molecule has 1 saturated heterocycles. The number of rotatable bonds is 5. The van der Waals surface area contributed by atoms with E-state index in [1.165, 1.54) is 12.1 Å². The Balaban J connectivity index is 1.36. The number of hydrogen-bond donors (Lipinski definition) is 2. The molecule has 8 heteroatoms. The van der Waals surface area contributed by atoms with Gasteiger partial charge >= 0.3 is 0 Å². The van der Waals surface area contributed by atoms with Crippen LogP contribution in [0.4, 0.5) is 15.9 Å². The summed E-state index contributed by atoms with van der Waals surface area (Å²) in [5, 5.41) is 11.4. The lowest BCUT2D eigenvalue weighted by molar-refractivity contribution is -0.120. The highest BCUT2D eigenvalue weighted by atomic mass is 19.1. The van der Waals surface area contributed by atoms with Crippen molar-refractivity contribution in [1.29, 1.82) is 0 Å². The second-order valence-electron chi connectivity index (χ2n) is 7.44. The van der Waals surface area contributed by atoms with Crippen LogP contribution in [0.5, 0.6) is 0 Å². The van der Waals surface area contributed by atoms with Gasteiger partial charge in [0, 0.05) is 24.6 Å². The van der Waals surface area contributed by atoms with Crippen LogP contribution in [-0.4, -0.2) is 35.1 Å². The Morgan fingerprint density at radius 2 is 1.68 bits per heavy atom. The number of nitrogens with two attached hydrogens (primary N) is 1. The van der Waals surface area contributed by atoms with Gasteiger partial charge in [0.2, 0.25) is 5.91 Å². The molecule has 1 fully saturated rings. The first kappa shape index (κ1) is 20.5. The molecular weight excluding hydrogens is 397 g/mol. The van der Waals surface area contributed by atoms with Gasteiger partial charge in [-0.2, -0.15) is 0 Å². The van der Waals surface area contributed by atoms with Crippen LogP contribution >= 0.6 is 0 Å². The third kappa shape index (κ3) is 4.69. The van der Waals surface area contributed by atoms with Gasteiger partial charge in [-0.3, -0.25) is 9.59 Å². The van der Waals surface area contributed by atoms with Crippen LogP contribution in [-0.2, 0) is 4.79 Å². The van der Waals surface area contributed by atoms with Crippen LogP contribution in [0.3, 0.4) is 0 Å². The average Bonchev–Trinajstić information content (AvgIpc) is 2.80. The zero-order valence-corrected chi connectivity index (χ0v) is 16.8. The molecule has 3 aromatic rings. The number of hydrogen-bond acceptors (Lipinski definition) is 5. The number of amides is 2. The zero-order valence-electron chi connectivity index (χ0n) is 16.8. The fourth-order valence-electron chi connectivity index (χ4n) is 3.68. The van der Waals surface area contributed by atoms with E-state index in [1.54, 1.807) is 36.4 Å². The Bertz CT molecular complexity index is 1080. The molecule has 0 aliphatic carbocycles. The van der Waals surface area contributed by atoms with Gasteiger partial charge < -0.3 is 16.0 Å². The Kier molecular flexibility index (Phi) is 5.88. The van der Waals surface area contributed by atoms with Crippen molar-refractivity contribution < 1.29 is 14.0 Å². The van der Waals surface area contributed by atoms with Crippen LogP contribution in [0.15, 0.2) is 60.7 Å². The van der Waals surface area contributed by atoms with Crippen molar-refractivity contribution in [2.75, 3.05) is 23.3 Å². The summed E-state index contributed by atoms with van der Waals surface area (Å²) in [6, 6.07) is 16.6. The number of para-hydroxylation sites is 1. The summed E-state index contributed by atoms with van der Waals surface area (Å²) in [7, 11) is 0. The summed E-state index contributed by atoms with van der Waals surface area (Å²) >= 11 is 0. The van der Waals surface area contributed by atoms with Crippen molar-refractivity contribution in [3.63, 3.8) is 0 Å². The molecule has 0 bridgehead atoms. The highest BCUT2D eigenvalue weighted by Crippen LogP contribution is 2.25. The van der Waals surface area contributed by atoms with E-state index in [4.69, 9.17) is 5.73 Å². The highest BCUT2D eigenvalue weighted by Gasteiger charge is 2.26. The Labute approximate surface area is 179 Å². The van der Waals surface area contributed by atoms with E-state index in [1.807, 2.05) is 12.1 Å². The van der Waals surface area contributed by atoms with Crippen LogP contribution in [0.1, 0.15) is 23.2 Å². The van der Waals surface area contributed by atoms with Crippen LogP contribution in [0.25, 0.3) is 11.3 Å². The molecule has 158 valence electrons. The Morgan fingerprint density at radius 1 is 0.968 bits per heavy atom. The minimum absolute atomic E-state index is 0.119. The summed E-state index contributed by atoms with van der Waals surface area (Å²) < 4.78 is 13.1. The number of piperidine rings is 1. The van der Waals surface area contributed by atoms with Crippen molar-refractivity contribution in [3.05, 3.63) is 72.0 Å². The Hall–Kier alpha value is -3.81. The minimum Gasteiger partial charge on any atom is -0.366 e. The molecule has 0 saturated carbocycles. The molecule has 3 N–H and O–H groups in total. The van der Waals surface area contributed by atoms with Gasteiger partial charge in [-0.1, -0.05) is 12.1 Å². The van der Waals surface area contributed by atoms with Crippen molar-refractivity contribution in [2.45, 2.75) is 12.8 Å². The van der Waals surface area contributed by atoms with E-state index in [0.29, 0.717) is 42.9 Å². The molecule has 4 rings (SSSR count). The normalized spacial score (nSPS) is 14.3. The number of nitrogens with one attached hydrogen (secondary N) is 1. The third-order valence-corrected chi connectivity index (χ3v) is 5.43. The van der Waals surface area contributed by atoms with Gasteiger partial charge in [-0.15, -0.1) is 10.2 Å². The summed E-state index contributed by atoms with van der Waals surface area (Å²) in [4.78, 5) is 26.3. The van der Waals surface area contributed by atoms with Crippen molar-refractivity contribution in [3.8, 4) is 11.3 Å². The highest BCUT2D eigenvalue weighted by molar-refractivity contribution is 6.03. The maximum Gasteiger partial charge on any atom is 0.250 e. The predicted octanol–water partition coefficient (Wildman–Crippen LogP) is 3.24. The van der Waals surface area contributed by atoms with Gasteiger partial charge in [0.25, 0.3) is 5.91 Å². The van der Waals surface area contributed by atoms with Gasteiger partial charge in [-0.25, -0.2) is 4.39 Å². The number of primary amides is 1. The number of benzene rings is 2. The monoisotopic (exact) mass is 419 g/mol. The fourth-order valence-corrected chi connectivity index (χ4v) is 3.68. The van der Waals surface area contributed by atoms with E-state index in [9.17, 15) is 14.0 Å². The number of halogens is 1. The summed E-state index contributed by atoms with van der Waals surface area (Å²) in [5.74, 6) is -0.412. The molecule has 2 heterocycles. The topological polar surface area (TPSA) is 101 Å². The fraction of sp³-hybridized carbons (Fsp3) is 0.217. The molecule has 0 atom stereocenters. The molecule has 31 heavy (non-hydrogen) atoms. The van der Waals surface area contributed by atoms with Crippen LogP contribution in [0.2, 0.25) is 0 Å². The predicted molar refractivity (Wildman–Crippen MR) is 116 cm³/mol. The largest absolute Gasteiger partial charge is 0.366 e. The second kappa shape index (κ2) is 8.91. The SMILES string of the molecule is NC(=O)c1ccccc1NC(=O)C1CCN(c2ccc(-c3ccc(F)cc3)nn2)CC1. The quantitative estimate of drug-likeness (QED) is 0.661. The van der Waals surface area contributed by atoms with E-state index in [2.05, 4.69) is 20.4 Å². The smallest absolute Gasteiger partial charge is 0.250 e. The lowest BCUT2D eigenvalue weighted by Gasteiger charge is -2.32. The molecule has 0 radical (unpaired) electrons. The average molecular weight is 419 g/mol. The van der Waals surface area contributed by atoms with Crippen molar-refractivity contribution in [1.82, 2.24) is 10.2 Å². The van der Waals surface area contributed by atoms with Gasteiger partial charge in [0.05, 0.1) is 16.9 Å². The molecule has 2 amide bonds. The van der Waals surface area contributed by atoms with Gasteiger partial charge in [0.1, 0.15) is 5.82 Å². The molecule has 1 aromatic heterocycles. The number of anilines is 2. The minimum atomic E-state index is -0.576. The molecule has 0 unspecified atom stereocenters. The number of aromatic nitrogens is 2. The van der Waals surface area contributed by atoms with Gasteiger partial charge in [-0.05, 0) is 61.4 Å². The first-order valence-corrected chi connectivity index (χ1v) is 10.1. The zero-order chi connectivity index (χ0) is 21.8. The molecule has 2 aromatic carbocycles. The van der Waals surface area contributed by atoms with Crippen molar-refractivity contribution in [2.24, 2.45) is 11.7 Å². The lowest BCUT2D eigenvalue weighted by Crippen LogP contribution is -2.38. The maximum absolute atomic E-state index is 13.1. The third-order valence-electron chi connectivity index (χ3n) is 5.43. The first-order chi connectivity index (χ1) is 15.0. The van der Waals surface area contributed by atoms with Crippen LogP contribution < -0.4 is 16.0 Å². The lowest BCUT2D eigenvalue weighted by atomic mass is 9.95. The standard InChI is InChI=1S/C23H22FN5O2/c24-17-7-5-15(6-8-17)19-9-10-21(28-27-19)29-13-11-16(12-14-29)23(31)26-20-4-2-1-3-18(20)22(25)30/h1-10,16H,11-14H2,(H2,25,30)(H,26,31). The first-order valence-electron chi connectivity index (χ1n) is 10.1. The number of carbonyl (C=O) groups excluding carboxylic acids is 2. The van der Waals surface area contributed by atoms with Crippen LogP contribution in [0, 0.1) is 11.7 Å². The maximum atomic E-state index is 13.1. The molecule has 0 spiro atoms. The summed E-state index contributed by atoms with van der Waals surface area (Å²) in [5.41, 5.74) is 7.58. The molecule has 1 aliphatic rings.